The minimum Gasteiger partial charge on any atom is -0.491 e. The Labute approximate surface area is 165 Å². The average molecular weight is 384 g/mol. The van der Waals surface area contributed by atoms with Gasteiger partial charge in [0.1, 0.15) is 5.75 Å². The fraction of sp³-hybridized carbons (Fsp3) is 0.476. The summed E-state index contributed by atoms with van der Waals surface area (Å²) in [6, 6.07) is 7.43. The molecule has 2 N–H and O–H groups in total. The normalized spacial score (nSPS) is 16.7. The molecule has 1 saturated heterocycles. The predicted octanol–water partition coefficient (Wildman–Crippen LogP) is 2.53. The Morgan fingerprint density at radius 3 is 2.64 bits per heavy atom. The van der Waals surface area contributed by atoms with Crippen molar-refractivity contribution in [3.63, 3.8) is 0 Å². The number of nitrogens with one attached hydrogen (secondary N) is 2. The Hall–Kier alpha value is -2.83. The smallest absolute Gasteiger partial charge is 0.227 e. The lowest BCUT2D eigenvalue weighted by Gasteiger charge is -2.18. The first kappa shape index (κ1) is 19.9. The van der Waals surface area contributed by atoms with E-state index in [2.05, 4.69) is 15.5 Å². The third-order valence-electron chi connectivity index (χ3n) is 4.97. The zero-order chi connectivity index (χ0) is 20.3. The molecule has 3 rings (SSSR count). The second kappa shape index (κ2) is 8.46. The standard InChI is InChI=1S/C21H28N4O3/c1-13(2)28-18-7-5-17(6-8-18)25-12-16(11-20(25)26)21(27)22-10-9-19-14(3)23-24-15(19)4/h5-8,13,16H,9-12H2,1-4H3,(H,22,27)(H,23,24). The molecule has 150 valence electrons. The Bertz CT molecular complexity index is 822. The number of nitrogens with zero attached hydrogens (tertiary/aromatic N) is 2. The number of carbonyl (C=O) groups excluding carboxylic acids is 2. The van der Waals surface area contributed by atoms with E-state index in [1.807, 2.05) is 52.0 Å². The summed E-state index contributed by atoms with van der Waals surface area (Å²) in [4.78, 5) is 26.6. The van der Waals surface area contributed by atoms with Crippen LogP contribution in [0.25, 0.3) is 0 Å². The van der Waals surface area contributed by atoms with Crippen molar-refractivity contribution >= 4 is 17.5 Å². The molecular formula is C21H28N4O3. The molecule has 0 spiro atoms. The van der Waals surface area contributed by atoms with Crippen LogP contribution in [0.4, 0.5) is 5.69 Å². The second-order valence-electron chi connectivity index (χ2n) is 7.52. The van der Waals surface area contributed by atoms with Crippen molar-refractivity contribution in [1.82, 2.24) is 15.5 Å². The average Bonchev–Trinajstić information content (AvgIpc) is 3.19. The molecule has 0 radical (unpaired) electrons. The van der Waals surface area contributed by atoms with E-state index in [1.165, 1.54) is 0 Å². The van der Waals surface area contributed by atoms with Crippen LogP contribution in [0.3, 0.4) is 0 Å². The van der Waals surface area contributed by atoms with E-state index in [4.69, 9.17) is 4.74 Å². The molecule has 7 nitrogen and oxygen atoms in total. The van der Waals surface area contributed by atoms with Gasteiger partial charge in [0.25, 0.3) is 0 Å². The number of hydrogen-bond donors (Lipinski definition) is 2. The van der Waals surface area contributed by atoms with Gasteiger partial charge in [-0.25, -0.2) is 0 Å². The number of H-pyrrole nitrogens is 1. The van der Waals surface area contributed by atoms with E-state index in [0.29, 0.717) is 13.1 Å². The Balaban J connectivity index is 1.54. The van der Waals surface area contributed by atoms with Crippen LogP contribution in [0.15, 0.2) is 24.3 Å². The lowest BCUT2D eigenvalue weighted by molar-refractivity contribution is -0.126. The Kier molecular flexibility index (Phi) is 6.02. The van der Waals surface area contributed by atoms with Crippen molar-refractivity contribution in [3.8, 4) is 5.75 Å². The van der Waals surface area contributed by atoms with Crippen molar-refractivity contribution in [2.75, 3.05) is 18.0 Å². The molecule has 0 bridgehead atoms. The van der Waals surface area contributed by atoms with Crippen molar-refractivity contribution in [1.29, 1.82) is 0 Å². The number of aromatic amines is 1. The topological polar surface area (TPSA) is 87.3 Å². The summed E-state index contributed by atoms with van der Waals surface area (Å²) in [6.07, 6.45) is 1.06. The lowest BCUT2D eigenvalue weighted by atomic mass is 10.1. The first-order valence-electron chi connectivity index (χ1n) is 9.70. The highest BCUT2D eigenvalue weighted by Crippen LogP contribution is 2.27. The molecule has 1 aliphatic heterocycles. The van der Waals surface area contributed by atoms with Crippen LogP contribution >= 0.6 is 0 Å². The fourth-order valence-electron chi connectivity index (χ4n) is 3.51. The lowest BCUT2D eigenvalue weighted by Crippen LogP contribution is -2.34. The molecule has 1 aromatic heterocycles. The first-order chi connectivity index (χ1) is 13.3. The van der Waals surface area contributed by atoms with Gasteiger partial charge in [-0.15, -0.1) is 0 Å². The van der Waals surface area contributed by atoms with Crippen LogP contribution in [0.2, 0.25) is 0 Å². The molecule has 2 heterocycles. The van der Waals surface area contributed by atoms with E-state index in [-0.39, 0.29) is 30.3 Å². The van der Waals surface area contributed by atoms with Crippen LogP contribution in [-0.2, 0) is 16.0 Å². The van der Waals surface area contributed by atoms with Crippen molar-refractivity contribution in [3.05, 3.63) is 41.2 Å². The summed E-state index contributed by atoms with van der Waals surface area (Å²) in [7, 11) is 0. The third-order valence-corrected chi connectivity index (χ3v) is 4.97. The van der Waals surface area contributed by atoms with Crippen molar-refractivity contribution in [2.24, 2.45) is 5.92 Å². The van der Waals surface area contributed by atoms with Gasteiger partial charge in [-0.2, -0.15) is 5.10 Å². The molecule has 1 aromatic carbocycles. The number of aryl methyl sites for hydroxylation is 2. The molecule has 7 heteroatoms. The zero-order valence-electron chi connectivity index (χ0n) is 16.9. The monoisotopic (exact) mass is 384 g/mol. The molecule has 2 aromatic rings. The van der Waals surface area contributed by atoms with Crippen LogP contribution in [0.1, 0.15) is 37.2 Å². The molecule has 1 aliphatic rings. The van der Waals surface area contributed by atoms with Gasteiger partial charge in [-0.05, 0) is 63.9 Å². The van der Waals surface area contributed by atoms with Crippen LogP contribution < -0.4 is 15.0 Å². The molecule has 1 unspecified atom stereocenters. The molecule has 28 heavy (non-hydrogen) atoms. The largest absolute Gasteiger partial charge is 0.491 e. The predicted molar refractivity (Wildman–Crippen MR) is 107 cm³/mol. The highest BCUT2D eigenvalue weighted by atomic mass is 16.5. The molecular weight excluding hydrogens is 356 g/mol. The SMILES string of the molecule is Cc1n[nH]c(C)c1CCNC(=O)C1CC(=O)N(c2ccc(OC(C)C)cc2)C1. The summed E-state index contributed by atoms with van der Waals surface area (Å²) in [5, 5.41) is 10.1. The number of carbonyl (C=O) groups is 2. The van der Waals surface area contributed by atoms with Crippen LogP contribution in [0, 0.1) is 19.8 Å². The summed E-state index contributed by atoms with van der Waals surface area (Å²) < 4.78 is 5.64. The van der Waals surface area contributed by atoms with E-state index in [1.54, 1.807) is 4.90 Å². The maximum Gasteiger partial charge on any atom is 0.227 e. The number of hydrogen-bond acceptors (Lipinski definition) is 4. The van der Waals surface area contributed by atoms with Gasteiger partial charge in [0, 0.05) is 30.9 Å². The van der Waals surface area contributed by atoms with Gasteiger partial charge < -0.3 is 15.0 Å². The van der Waals surface area contributed by atoms with Crippen LogP contribution in [0.5, 0.6) is 5.75 Å². The molecule has 0 aliphatic carbocycles. The van der Waals surface area contributed by atoms with E-state index in [9.17, 15) is 9.59 Å². The van der Waals surface area contributed by atoms with Crippen molar-refractivity contribution in [2.45, 2.75) is 46.6 Å². The number of anilines is 1. The number of ether oxygens (including phenoxy) is 1. The molecule has 1 atom stereocenters. The number of aromatic nitrogens is 2. The third kappa shape index (κ3) is 4.52. The highest BCUT2D eigenvalue weighted by molar-refractivity contribution is 6.00. The van der Waals surface area contributed by atoms with Gasteiger partial charge in [0.15, 0.2) is 0 Å². The number of amides is 2. The van der Waals surface area contributed by atoms with E-state index in [0.717, 1.165) is 34.8 Å². The quantitative estimate of drug-likeness (QED) is 0.768. The summed E-state index contributed by atoms with van der Waals surface area (Å²) >= 11 is 0. The number of rotatable bonds is 7. The van der Waals surface area contributed by atoms with Gasteiger partial charge in [-0.1, -0.05) is 0 Å². The zero-order valence-corrected chi connectivity index (χ0v) is 16.9. The molecule has 2 amide bonds. The number of benzene rings is 1. The van der Waals surface area contributed by atoms with Gasteiger partial charge >= 0.3 is 0 Å². The maximum absolute atomic E-state index is 12.5. The van der Waals surface area contributed by atoms with E-state index >= 15 is 0 Å². The summed E-state index contributed by atoms with van der Waals surface area (Å²) in [5.41, 5.74) is 3.91. The van der Waals surface area contributed by atoms with Gasteiger partial charge in [0.05, 0.1) is 17.7 Å². The Morgan fingerprint density at radius 2 is 2.04 bits per heavy atom. The van der Waals surface area contributed by atoms with Gasteiger partial charge in [0.2, 0.25) is 11.8 Å². The van der Waals surface area contributed by atoms with Gasteiger partial charge in [-0.3, -0.25) is 14.7 Å². The van der Waals surface area contributed by atoms with E-state index < -0.39 is 0 Å². The fourth-order valence-corrected chi connectivity index (χ4v) is 3.51. The second-order valence-corrected chi connectivity index (χ2v) is 7.52. The Morgan fingerprint density at radius 1 is 1.32 bits per heavy atom. The first-order valence-corrected chi connectivity index (χ1v) is 9.70. The summed E-state index contributed by atoms with van der Waals surface area (Å²) in [6.45, 7) is 8.80. The van der Waals surface area contributed by atoms with Crippen LogP contribution in [-0.4, -0.2) is 41.2 Å². The minimum absolute atomic E-state index is 0.0285. The molecule has 0 saturated carbocycles. The summed E-state index contributed by atoms with van der Waals surface area (Å²) in [5.74, 6) is 0.337. The molecule has 1 fully saturated rings. The van der Waals surface area contributed by atoms with Crippen molar-refractivity contribution < 1.29 is 14.3 Å². The highest BCUT2D eigenvalue weighted by Gasteiger charge is 2.35. The minimum atomic E-state index is -0.328. The maximum atomic E-state index is 12.5.